The van der Waals surface area contributed by atoms with Gasteiger partial charge in [0.05, 0.1) is 0 Å². The first-order chi connectivity index (χ1) is 10.4. The highest BCUT2D eigenvalue weighted by molar-refractivity contribution is 7.48. The number of hydrogen-bond acceptors (Lipinski definition) is 3. The van der Waals surface area contributed by atoms with Crippen molar-refractivity contribution < 1.29 is 18.5 Å². The molecule has 0 fully saturated rings. The highest BCUT2D eigenvalue weighted by atomic mass is 31.2. The van der Waals surface area contributed by atoms with E-state index in [4.69, 9.17) is 9.05 Å². The number of phosphoric ester groups is 1. The van der Waals surface area contributed by atoms with E-state index in [0.717, 1.165) is 11.1 Å². The van der Waals surface area contributed by atoms with Crippen LogP contribution in [0, 0.1) is 0 Å². The molecule has 0 heterocycles. The van der Waals surface area contributed by atoms with Gasteiger partial charge in [0, 0.05) is 0 Å². The molecule has 2 rings (SSSR count). The van der Waals surface area contributed by atoms with E-state index in [9.17, 15) is 9.46 Å². The first kappa shape index (κ1) is 16.6. The summed E-state index contributed by atoms with van der Waals surface area (Å²) in [6.07, 6.45) is 0.708. The zero-order chi connectivity index (χ0) is 16.2. The first-order valence-corrected chi connectivity index (χ1v) is 8.80. The van der Waals surface area contributed by atoms with Crippen molar-refractivity contribution in [2.75, 3.05) is 0 Å². The van der Waals surface area contributed by atoms with E-state index >= 15 is 0 Å². The fourth-order valence-electron chi connectivity index (χ4n) is 2.07. The van der Waals surface area contributed by atoms with Gasteiger partial charge in [0.1, 0.15) is 11.5 Å². The van der Waals surface area contributed by atoms with Crippen molar-refractivity contribution in [2.24, 2.45) is 0 Å². The monoisotopic (exact) mass is 320 g/mol. The number of para-hydroxylation sites is 1. The van der Waals surface area contributed by atoms with E-state index in [1.54, 1.807) is 24.3 Å². The lowest BCUT2D eigenvalue weighted by atomic mass is 10.0. The molecule has 0 amide bonds. The van der Waals surface area contributed by atoms with Crippen molar-refractivity contribution in [2.45, 2.75) is 33.1 Å². The van der Waals surface area contributed by atoms with Crippen molar-refractivity contribution in [1.29, 1.82) is 0 Å². The van der Waals surface area contributed by atoms with Gasteiger partial charge in [0.2, 0.25) is 0 Å². The third kappa shape index (κ3) is 4.36. The van der Waals surface area contributed by atoms with Crippen LogP contribution in [0.5, 0.6) is 11.5 Å². The van der Waals surface area contributed by atoms with Gasteiger partial charge in [-0.15, -0.1) is 0 Å². The molecule has 0 radical (unpaired) electrons. The van der Waals surface area contributed by atoms with Crippen LogP contribution in [0.4, 0.5) is 0 Å². The number of benzene rings is 2. The predicted octanol–water partition coefficient (Wildman–Crippen LogP) is 4.93. The summed E-state index contributed by atoms with van der Waals surface area (Å²) in [6, 6.07) is 14.2. The van der Waals surface area contributed by atoms with Crippen LogP contribution in [0.25, 0.3) is 0 Å². The van der Waals surface area contributed by atoms with Gasteiger partial charge < -0.3 is 9.05 Å². The van der Waals surface area contributed by atoms with Crippen LogP contribution in [0.3, 0.4) is 0 Å². The first-order valence-electron chi connectivity index (χ1n) is 7.31. The lowest BCUT2D eigenvalue weighted by Gasteiger charge is -2.16. The molecule has 0 aliphatic rings. The Morgan fingerprint density at radius 3 is 2.27 bits per heavy atom. The maximum Gasteiger partial charge on any atom is 0.584 e. The molecule has 0 aliphatic heterocycles. The minimum absolute atomic E-state index is 0.309. The van der Waals surface area contributed by atoms with Gasteiger partial charge in [-0.2, -0.15) is 0 Å². The average Bonchev–Trinajstić information content (AvgIpc) is 2.47. The van der Waals surface area contributed by atoms with E-state index in [1.807, 2.05) is 31.2 Å². The summed E-state index contributed by atoms with van der Waals surface area (Å²) in [6.45, 7) is 6.12. The topological polar surface area (TPSA) is 55.8 Å². The molecule has 0 aliphatic carbocycles. The molecule has 0 bridgehead atoms. The van der Waals surface area contributed by atoms with Gasteiger partial charge in [-0.25, -0.2) is 4.57 Å². The number of rotatable bonds is 6. The summed E-state index contributed by atoms with van der Waals surface area (Å²) in [5.41, 5.74) is 1.99. The Kier molecular flexibility index (Phi) is 5.28. The van der Waals surface area contributed by atoms with Gasteiger partial charge in [0.15, 0.2) is 0 Å². The molecule has 22 heavy (non-hydrogen) atoms. The lowest BCUT2D eigenvalue weighted by molar-refractivity contribution is 0.290. The summed E-state index contributed by atoms with van der Waals surface area (Å²) in [7, 11) is -4.22. The fraction of sp³-hybridized carbons (Fsp3) is 0.294. The highest BCUT2D eigenvalue weighted by Gasteiger charge is 2.26. The molecule has 1 N–H and O–H groups in total. The van der Waals surface area contributed by atoms with Crippen LogP contribution in [-0.4, -0.2) is 4.89 Å². The second-order valence-electron chi connectivity index (χ2n) is 5.34. The van der Waals surface area contributed by atoms with Crippen molar-refractivity contribution in [3.05, 3.63) is 59.7 Å². The smallest absolute Gasteiger partial charge is 0.395 e. The van der Waals surface area contributed by atoms with Gasteiger partial charge in [-0.1, -0.05) is 51.1 Å². The van der Waals surface area contributed by atoms with Crippen LogP contribution >= 0.6 is 7.82 Å². The van der Waals surface area contributed by atoms with E-state index in [2.05, 4.69) is 13.8 Å². The molecular formula is C17H21O4P. The van der Waals surface area contributed by atoms with Crippen LogP contribution in [0.1, 0.15) is 37.8 Å². The fourth-order valence-corrected chi connectivity index (χ4v) is 2.93. The third-order valence-electron chi connectivity index (χ3n) is 3.33. The molecule has 0 aromatic heterocycles. The maximum atomic E-state index is 12.2. The van der Waals surface area contributed by atoms with Crippen LogP contribution in [0.15, 0.2) is 48.5 Å². The standard InChI is InChI=1S/C17H21O4P/c1-4-14-7-5-6-8-17(14)21-22(18,19)20-16-11-9-15(10-12-16)13(2)3/h5-13H,4H2,1-3H3,(H,18,19). The highest BCUT2D eigenvalue weighted by Crippen LogP contribution is 2.45. The summed E-state index contributed by atoms with van der Waals surface area (Å²) in [4.78, 5) is 9.93. The largest absolute Gasteiger partial charge is 0.584 e. The normalized spacial score (nSPS) is 13.7. The predicted molar refractivity (Wildman–Crippen MR) is 87.4 cm³/mol. The zero-order valence-corrected chi connectivity index (χ0v) is 13.9. The van der Waals surface area contributed by atoms with E-state index in [-0.39, 0.29) is 0 Å². The molecule has 0 spiro atoms. The van der Waals surface area contributed by atoms with Crippen LogP contribution in [-0.2, 0) is 11.0 Å². The van der Waals surface area contributed by atoms with Crippen molar-refractivity contribution in [3.63, 3.8) is 0 Å². The summed E-state index contributed by atoms with van der Waals surface area (Å²) >= 11 is 0. The Morgan fingerprint density at radius 2 is 1.68 bits per heavy atom. The van der Waals surface area contributed by atoms with E-state index < -0.39 is 7.82 Å². The summed E-state index contributed by atoms with van der Waals surface area (Å²) in [5.74, 6) is 1.07. The van der Waals surface area contributed by atoms with Crippen molar-refractivity contribution in [3.8, 4) is 11.5 Å². The third-order valence-corrected chi connectivity index (χ3v) is 4.20. The number of aryl methyl sites for hydroxylation is 1. The van der Waals surface area contributed by atoms with Gasteiger partial charge in [-0.3, -0.25) is 4.89 Å². The Hall–Kier alpha value is -1.77. The van der Waals surface area contributed by atoms with Gasteiger partial charge >= 0.3 is 7.82 Å². The molecule has 5 heteroatoms. The SMILES string of the molecule is CCc1ccccc1OP(=O)(O)Oc1ccc(C(C)C)cc1. The quantitative estimate of drug-likeness (QED) is 0.767. The second-order valence-corrected chi connectivity index (χ2v) is 6.64. The molecular weight excluding hydrogens is 299 g/mol. The van der Waals surface area contributed by atoms with Gasteiger partial charge in [0.25, 0.3) is 0 Å². The molecule has 1 atom stereocenters. The number of hydrogen-bond donors (Lipinski definition) is 1. The van der Waals surface area contributed by atoms with Crippen molar-refractivity contribution in [1.82, 2.24) is 0 Å². The minimum atomic E-state index is -4.22. The Balaban J connectivity index is 2.12. The maximum absolute atomic E-state index is 12.2. The molecule has 0 saturated carbocycles. The lowest BCUT2D eigenvalue weighted by Crippen LogP contribution is -2.01. The van der Waals surface area contributed by atoms with Crippen LogP contribution in [0.2, 0.25) is 0 Å². The summed E-state index contributed by atoms with van der Waals surface area (Å²) < 4.78 is 22.5. The van der Waals surface area contributed by atoms with Crippen molar-refractivity contribution >= 4 is 7.82 Å². The summed E-state index contributed by atoms with van der Waals surface area (Å²) in [5, 5.41) is 0. The molecule has 0 saturated heterocycles. The molecule has 2 aromatic rings. The zero-order valence-electron chi connectivity index (χ0n) is 13.0. The van der Waals surface area contributed by atoms with Gasteiger partial charge in [-0.05, 0) is 41.7 Å². The average molecular weight is 320 g/mol. The Labute approximate surface area is 131 Å². The second kappa shape index (κ2) is 6.99. The molecule has 2 aromatic carbocycles. The molecule has 1 unspecified atom stereocenters. The molecule has 4 nitrogen and oxygen atoms in total. The van der Waals surface area contributed by atoms with E-state index in [0.29, 0.717) is 23.8 Å². The van der Waals surface area contributed by atoms with E-state index in [1.165, 1.54) is 0 Å². The Bertz CT molecular complexity index is 665. The molecule has 118 valence electrons. The van der Waals surface area contributed by atoms with Crippen LogP contribution < -0.4 is 9.05 Å². The number of phosphoric acid groups is 1. The minimum Gasteiger partial charge on any atom is -0.395 e. The Morgan fingerprint density at radius 1 is 1.05 bits per heavy atom.